The first-order valence-electron chi connectivity index (χ1n) is 3.70. The van der Waals surface area contributed by atoms with E-state index in [1.807, 2.05) is 0 Å². The zero-order valence-electron chi connectivity index (χ0n) is 6.85. The van der Waals surface area contributed by atoms with Crippen molar-refractivity contribution in [2.24, 2.45) is 0 Å². The number of aromatic nitrogens is 3. The van der Waals surface area contributed by atoms with E-state index in [1.165, 1.54) is 18.5 Å². The fourth-order valence-electron chi connectivity index (χ4n) is 0.959. The largest absolute Gasteiger partial charge is 0.287 e. The molecule has 2 heterocycles. The molecule has 0 saturated carbocycles. The predicted octanol–water partition coefficient (Wildman–Crippen LogP) is 1.30. The lowest BCUT2D eigenvalue weighted by Crippen LogP contribution is -2.02. The molecule has 0 amide bonds. The molecule has 0 aliphatic carbocycles. The maximum Gasteiger partial charge on any atom is 0.209 e. The molecular formula is C8H4FN3OS. The van der Waals surface area contributed by atoms with Crippen LogP contribution in [0.5, 0.6) is 0 Å². The van der Waals surface area contributed by atoms with Gasteiger partial charge in [0.25, 0.3) is 0 Å². The number of carbonyl (C=O) groups excluding carboxylic acids is 1. The first kappa shape index (κ1) is 8.89. The minimum absolute atomic E-state index is 0.00829. The molecule has 0 atom stereocenters. The fourth-order valence-corrected chi connectivity index (χ4v) is 1.43. The molecule has 0 saturated heterocycles. The van der Waals surface area contributed by atoms with Gasteiger partial charge in [-0.25, -0.2) is 4.39 Å². The van der Waals surface area contributed by atoms with Gasteiger partial charge >= 0.3 is 0 Å². The molecule has 14 heavy (non-hydrogen) atoms. The summed E-state index contributed by atoms with van der Waals surface area (Å²) in [6, 6.07) is 1.33. The molecule has 0 aliphatic heterocycles. The van der Waals surface area contributed by atoms with E-state index in [2.05, 4.69) is 14.6 Å². The zero-order valence-corrected chi connectivity index (χ0v) is 7.66. The third-order valence-electron chi connectivity index (χ3n) is 1.60. The summed E-state index contributed by atoms with van der Waals surface area (Å²) < 4.78 is 16.6. The number of hydrogen-bond acceptors (Lipinski definition) is 5. The van der Waals surface area contributed by atoms with Gasteiger partial charge in [0.15, 0.2) is 5.82 Å². The quantitative estimate of drug-likeness (QED) is 0.699. The lowest BCUT2D eigenvalue weighted by atomic mass is 10.1. The molecule has 0 bridgehead atoms. The molecule has 0 fully saturated rings. The van der Waals surface area contributed by atoms with E-state index in [4.69, 9.17) is 0 Å². The number of halogens is 1. The Morgan fingerprint density at radius 3 is 2.93 bits per heavy atom. The smallest absolute Gasteiger partial charge is 0.209 e. The lowest BCUT2D eigenvalue weighted by Gasteiger charge is -1.96. The average Bonchev–Trinajstić information content (AvgIpc) is 2.70. The van der Waals surface area contributed by atoms with E-state index >= 15 is 0 Å². The van der Waals surface area contributed by atoms with Crippen molar-refractivity contribution in [1.82, 2.24) is 14.6 Å². The van der Waals surface area contributed by atoms with Crippen LogP contribution in [0.15, 0.2) is 24.7 Å². The van der Waals surface area contributed by atoms with Crippen LogP contribution in [0.2, 0.25) is 0 Å². The first-order valence-corrected chi connectivity index (χ1v) is 4.48. The third-order valence-corrected chi connectivity index (χ3v) is 2.27. The van der Waals surface area contributed by atoms with Gasteiger partial charge in [0, 0.05) is 6.20 Å². The van der Waals surface area contributed by atoms with Crippen LogP contribution in [0.1, 0.15) is 15.2 Å². The number of pyridine rings is 1. The summed E-state index contributed by atoms with van der Waals surface area (Å²) in [5.41, 5.74) is -0.00829. The Bertz CT molecular complexity index is 457. The Hall–Kier alpha value is -1.69. The normalized spacial score (nSPS) is 10.1. The maximum atomic E-state index is 13.1. The van der Waals surface area contributed by atoms with Crippen LogP contribution < -0.4 is 0 Å². The van der Waals surface area contributed by atoms with Crippen molar-refractivity contribution < 1.29 is 9.18 Å². The van der Waals surface area contributed by atoms with Crippen LogP contribution in [0.25, 0.3) is 0 Å². The Morgan fingerprint density at radius 2 is 2.29 bits per heavy atom. The van der Waals surface area contributed by atoms with E-state index < -0.39 is 11.6 Å². The Balaban J connectivity index is 2.42. The molecule has 0 unspecified atom stereocenters. The van der Waals surface area contributed by atoms with Crippen LogP contribution >= 0.6 is 11.5 Å². The molecule has 0 radical (unpaired) electrons. The van der Waals surface area contributed by atoms with Crippen molar-refractivity contribution in [1.29, 1.82) is 0 Å². The lowest BCUT2D eigenvalue weighted by molar-refractivity contribution is 0.103. The van der Waals surface area contributed by atoms with E-state index in [-0.39, 0.29) is 5.56 Å². The van der Waals surface area contributed by atoms with E-state index in [9.17, 15) is 9.18 Å². The number of ketones is 1. The second-order valence-electron chi connectivity index (χ2n) is 2.47. The highest BCUT2D eigenvalue weighted by Crippen LogP contribution is 2.13. The van der Waals surface area contributed by atoms with E-state index in [0.717, 1.165) is 17.7 Å². The Kier molecular flexibility index (Phi) is 2.28. The molecule has 2 aromatic heterocycles. The van der Waals surface area contributed by atoms with Gasteiger partial charge in [-0.1, -0.05) is 4.49 Å². The highest BCUT2D eigenvalue weighted by molar-refractivity contribution is 7.08. The van der Waals surface area contributed by atoms with E-state index in [0.29, 0.717) is 4.88 Å². The number of hydrogen-bond donors (Lipinski definition) is 0. The van der Waals surface area contributed by atoms with Gasteiger partial charge in [-0.3, -0.25) is 9.78 Å². The molecule has 0 aliphatic rings. The Labute approximate surface area is 82.6 Å². The molecule has 6 heteroatoms. The highest BCUT2D eigenvalue weighted by atomic mass is 32.1. The van der Waals surface area contributed by atoms with Crippen molar-refractivity contribution in [2.45, 2.75) is 0 Å². The fraction of sp³-hybridized carbons (Fsp3) is 0. The summed E-state index contributed by atoms with van der Waals surface area (Å²) in [6.45, 7) is 0. The molecule has 70 valence electrons. The van der Waals surface area contributed by atoms with Crippen LogP contribution in [0, 0.1) is 5.82 Å². The summed E-state index contributed by atoms with van der Waals surface area (Å²) in [5.74, 6) is -1.05. The molecule has 0 spiro atoms. The second-order valence-corrected chi connectivity index (χ2v) is 3.25. The van der Waals surface area contributed by atoms with Crippen molar-refractivity contribution in [3.8, 4) is 0 Å². The van der Waals surface area contributed by atoms with Gasteiger partial charge in [0.2, 0.25) is 5.78 Å². The molecule has 4 nitrogen and oxygen atoms in total. The van der Waals surface area contributed by atoms with Crippen molar-refractivity contribution in [3.05, 3.63) is 40.9 Å². The number of nitrogens with zero attached hydrogens (tertiary/aromatic N) is 3. The van der Waals surface area contributed by atoms with Gasteiger partial charge in [0.05, 0.1) is 18.0 Å². The van der Waals surface area contributed by atoms with Gasteiger partial charge in [-0.15, -0.1) is 5.10 Å². The Morgan fingerprint density at radius 1 is 1.43 bits per heavy atom. The summed E-state index contributed by atoms with van der Waals surface area (Å²) in [5, 5.41) is 3.51. The zero-order chi connectivity index (χ0) is 9.97. The third kappa shape index (κ3) is 1.51. The minimum Gasteiger partial charge on any atom is -0.287 e. The van der Waals surface area contributed by atoms with Crippen LogP contribution in [0.3, 0.4) is 0 Å². The molecule has 0 aromatic carbocycles. The standard InChI is InChI=1S/C8H4FN3OS/c9-6-3-10-2-1-5(6)8(13)7-4-11-12-14-7/h1-4H. The number of carbonyl (C=O) groups is 1. The molecule has 2 rings (SSSR count). The second kappa shape index (κ2) is 3.59. The molecule has 2 aromatic rings. The van der Waals surface area contributed by atoms with Gasteiger partial charge < -0.3 is 0 Å². The maximum absolute atomic E-state index is 13.1. The first-order chi connectivity index (χ1) is 6.79. The number of rotatable bonds is 2. The highest BCUT2D eigenvalue weighted by Gasteiger charge is 2.15. The SMILES string of the molecule is O=C(c1cnns1)c1ccncc1F. The van der Waals surface area contributed by atoms with Gasteiger partial charge in [-0.2, -0.15) is 0 Å². The minimum atomic E-state index is -0.633. The predicted molar refractivity (Wildman–Crippen MR) is 47.5 cm³/mol. The summed E-state index contributed by atoms with van der Waals surface area (Å²) in [4.78, 5) is 15.5. The van der Waals surface area contributed by atoms with Crippen molar-refractivity contribution in [2.75, 3.05) is 0 Å². The average molecular weight is 209 g/mol. The van der Waals surface area contributed by atoms with E-state index in [1.54, 1.807) is 0 Å². The summed E-state index contributed by atoms with van der Waals surface area (Å²) in [7, 11) is 0. The van der Waals surface area contributed by atoms with Crippen molar-refractivity contribution >= 4 is 17.3 Å². The summed E-state index contributed by atoms with van der Waals surface area (Å²) >= 11 is 0.937. The topological polar surface area (TPSA) is 55.7 Å². The molecular weight excluding hydrogens is 205 g/mol. The molecule has 0 N–H and O–H groups in total. The van der Waals surface area contributed by atoms with Gasteiger partial charge in [0.1, 0.15) is 4.88 Å². The summed E-state index contributed by atoms with van der Waals surface area (Å²) in [6.07, 6.45) is 3.68. The van der Waals surface area contributed by atoms with Gasteiger partial charge in [-0.05, 0) is 17.6 Å². The van der Waals surface area contributed by atoms with Crippen molar-refractivity contribution in [3.63, 3.8) is 0 Å². The van der Waals surface area contributed by atoms with Crippen LogP contribution in [-0.2, 0) is 0 Å². The monoisotopic (exact) mass is 209 g/mol. The van der Waals surface area contributed by atoms with Crippen LogP contribution in [0.4, 0.5) is 4.39 Å². The van der Waals surface area contributed by atoms with Crippen LogP contribution in [-0.4, -0.2) is 20.4 Å².